The number of methoxy groups -OCH3 is 2. The summed E-state index contributed by atoms with van der Waals surface area (Å²) in [5.74, 6) is 1.87. The van der Waals surface area contributed by atoms with Crippen molar-refractivity contribution in [3.05, 3.63) is 41.7 Å². The van der Waals surface area contributed by atoms with E-state index in [-0.39, 0.29) is 6.04 Å². The highest BCUT2D eigenvalue weighted by atomic mass is 16.5. The van der Waals surface area contributed by atoms with E-state index in [1.807, 2.05) is 24.4 Å². The summed E-state index contributed by atoms with van der Waals surface area (Å²) < 4.78 is 10.7. The fourth-order valence-corrected chi connectivity index (χ4v) is 3.03. The molecule has 1 aromatic heterocycles. The highest BCUT2D eigenvalue weighted by Crippen LogP contribution is 2.33. The van der Waals surface area contributed by atoms with Crippen molar-refractivity contribution in [2.45, 2.75) is 25.4 Å². The first-order valence-corrected chi connectivity index (χ1v) is 7.66. The van der Waals surface area contributed by atoms with Gasteiger partial charge in [0.1, 0.15) is 17.3 Å². The Kier molecular flexibility index (Phi) is 4.62. The van der Waals surface area contributed by atoms with Gasteiger partial charge in [0.15, 0.2) is 0 Å². The Hall–Kier alpha value is -2.34. The molecule has 1 aromatic carbocycles. The Balaban J connectivity index is 1.84. The van der Waals surface area contributed by atoms with Crippen LogP contribution >= 0.6 is 0 Å². The molecule has 1 fully saturated rings. The summed E-state index contributed by atoms with van der Waals surface area (Å²) in [5.41, 5.74) is 2.13. The number of benzene rings is 1. The van der Waals surface area contributed by atoms with E-state index in [0.717, 1.165) is 35.7 Å². The number of H-pyrrole nitrogens is 1. The van der Waals surface area contributed by atoms with Crippen molar-refractivity contribution < 1.29 is 14.3 Å². The fraction of sp³-hybridized carbons (Fsp3) is 0.412. The van der Waals surface area contributed by atoms with Gasteiger partial charge in [-0.2, -0.15) is 5.10 Å². The maximum atomic E-state index is 11.9. The number of Topliss-reactive ketones (excluding diaryl/α,β-unsaturated/α-hetero) is 1. The van der Waals surface area contributed by atoms with Crippen molar-refractivity contribution >= 4 is 5.78 Å². The van der Waals surface area contributed by atoms with Crippen LogP contribution in [0.2, 0.25) is 0 Å². The van der Waals surface area contributed by atoms with E-state index in [1.165, 1.54) is 0 Å². The number of rotatable bonds is 5. The number of aromatic amines is 1. The second-order valence-electron chi connectivity index (χ2n) is 5.69. The lowest BCUT2D eigenvalue weighted by molar-refractivity contribution is -0.123. The Morgan fingerprint density at radius 1 is 1.35 bits per heavy atom. The average molecular weight is 315 g/mol. The molecule has 1 unspecified atom stereocenters. The molecule has 122 valence electrons. The van der Waals surface area contributed by atoms with Crippen LogP contribution in [0.3, 0.4) is 0 Å². The summed E-state index contributed by atoms with van der Waals surface area (Å²) in [6.45, 7) is 1.46. The number of nitrogens with one attached hydrogen (secondary N) is 1. The zero-order valence-corrected chi connectivity index (χ0v) is 13.4. The van der Waals surface area contributed by atoms with Crippen molar-refractivity contribution in [1.82, 2.24) is 15.1 Å². The number of carbonyl (C=O) groups excluding carboxylic acids is 1. The van der Waals surface area contributed by atoms with Gasteiger partial charge < -0.3 is 9.47 Å². The number of likely N-dealkylation sites (tertiary alicyclic amines) is 1. The number of hydrogen-bond donors (Lipinski definition) is 1. The van der Waals surface area contributed by atoms with Crippen LogP contribution in [0, 0.1) is 0 Å². The minimum absolute atomic E-state index is 0.0572. The SMILES string of the molecule is COc1ccc(CN2CCC(=O)CC2c2cn[nH]c2)c(OC)c1. The molecule has 1 atom stereocenters. The first-order chi connectivity index (χ1) is 11.2. The molecule has 1 saturated heterocycles. The Bertz CT molecular complexity index is 670. The quantitative estimate of drug-likeness (QED) is 0.917. The number of hydrogen-bond acceptors (Lipinski definition) is 5. The summed E-state index contributed by atoms with van der Waals surface area (Å²) in [4.78, 5) is 14.2. The summed E-state index contributed by atoms with van der Waals surface area (Å²) in [6, 6.07) is 5.89. The Morgan fingerprint density at radius 2 is 2.22 bits per heavy atom. The van der Waals surface area contributed by atoms with Crippen LogP contribution in [0.25, 0.3) is 0 Å². The maximum Gasteiger partial charge on any atom is 0.136 e. The third-order valence-corrected chi connectivity index (χ3v) is 4.31. The van der Waals surface area contributed by atoms with Gasteiger partial charge in [0.2, 0.25) is 0 Å². The van der Waals surface area contributed by atoms with Crippen LogP contribution in [-0.4, -0.2) is 41.6 Å². The third-order valence-electron chi connectivity index (χ3n) is 4.31. The van der Waals surface area contributed by atoms with E-state index in [4.69, 9.17) is 9.47 Å². The zero-order chi connectivity index (χ0) is 16.2. The van der Waals surface area contributed by atoms with E-state index in [2.05, 4.69) is 15.1 Å². The molecule has 0 spiro atoms. The number of ketones is 1. The average Bonchev–Trinajstić information content (AvgIpc) is 3.11. The van der Waals surface area contributed by atoms with Gasteiger partial charge >= 0.3 is 0 Å². The molecular weight excluding hydrogens is 294 g/mol. The first-order valence-electron chi connectivity index (χ1n) is 7.66. The minimum atomic E-state index is 0.0572. The van der Waals surface area contributed by atoms with Gasteiger partial charge in [0.25, 0.3) is 0 Å². The Morgan fingerprint density at radius 3 is 2.91 bits per heavy atom. The molecule has 6 heteroatoms. The lowest BCUT2D eigenvalue weighted by Crippen LogP contribution is -2.36. The zero-order valence-electron chi connectivity index (χ0n) is 13.4. The van der Waals surface area contributed by atoms with Crippen molar-refractivity contribution in [3.8, 4) is 11.5 Å². The van der Waals surface area contributed by atoms with E-state index in [9.17, 15) is 4.79 Å². The summed E-state index contributed by atoms with van der Waals surface area (Å²) >= 11 is 0. The van der Waals surface area contributed by atoms with Crippen LogP contribution in [0.5, 0.6) is 11.5 Å². The standard InChI is InChI=1S/C17H21N3O3/c1-22-15-4-3-12(17(8-15)23-2)11-20-6-5-14(21)7-16(20)13-9-18-19-10-13/h3-4,8-10,16H,5-7,11H2,1-2H3,(H,18,19). The number of carbonyl (C=O) groups is 1. The molecule has 0 radical (unpaired) electrons. The molecule has 1 N–H and O–H groups in total. The molecule has 1 aliphatic heterocycles. The van der Waals surface area contributed by atoms with Gasteiger partial charge in [-0.1, -0.05) is 6.07 Å². The van der Waals surface area contributed by atoms with Crippen molar-refractivity contribution in [2.24, 2.45) is 0 Å². The normalized spacial score (nSPS) is 18.9. The highest BCUT2D eigenvalue weighted by Gasteiger charge is 2.29. The van der Waals surface area contributed by atoms with E-state index in [0.29, 0.717) is 18.6 Å². The molecule has 2 aromatic rings. The molecule has 0 aliphatic carbocycles. The summed E-state index contributed by atoms with van der Waals surface area (Å²) in [6.07, 6.45) is 4.77. The fourth-order valence-electron chi connectivity index (χ4n) is 3.03. The van der Waals surface area contributed by atoms with Gasteiger partial charge in [-0.25, -0.2) is 0 Å². The molecule has 6 nitrogen and oxygen atoms in total. The lowest BCUT2D eigenvalue weighted by Gasteiger charge is -2.34. The number of nitrogens with zero attached hydrogens (tertiary/aromatic N) is 2. The van der Waals surface area contributed by atoms with Crippen LogP contribution < -0.4 is 9.47 Å². The number of ether oxygens (including phenoxy) is 2. The monoisotopic (exact) mass is 315 g/mol. The van der Waals surface area contributed by atoms with Crippen molar-refractivity contribution in [2.75, 3.05) is 20.8 Å². The predicted molar refractivity (Wildman–Crippen MR) is 85.5 cm³/mol. The predicted octanol–water partition coefficient (Wildman–Crippen LogP) is 2.33. The van der Waals surface area contributed by atoms with Crippen molar-refractivity contribution in [1.29, 1.82) is 0 Å². The van der Waals surface area contributed by atoms with Crippen LogP contribution in [0.4, 0.5) is 0 Å². The van der Waals surface area contributed by atoms with E-state index in [1.54, 1.807) is 20.4 Å². The largest absolute Gasteiger partial charge is 0.497 e. The highest BCUT2D eigenvalue weighted by molar-refractivity contribution is 5.80. The molecule has 2 heterocycles. The molecular formula is C17H21N3O3. The number of aromatic nitrogens is 2. The summed E-state index contributed by atoms with van der Waals surface area (Å²) in [5, 5.41) is 6.85. The van der Waals surface area contributed by atoms with Gasteiger partial charge in [-0.05, 0) is 6.07 Å². The minimum Gasteiger partial charge on any atom is -0.497 e. The first kappa shape index (κ1) is 15.6. The van der Waals surface area contributed by atoms with E-state index >= 15 is 0 Å². The second-order valence-corrected chi connectivity index (χ2v) is 5.69. The molecule has 0 amide bonds. The van der Waals surface area contributed by atoms with Gasteiger partial charge in [-0.3, -0.25) is 14.8 Å². The van der Waals surface area contributed by atoms with Gasteiger partial charge in [-0.15, -0.1) is 0 Å². The van der Waals surface area contributed by atoms with Gasteiger partial charge in [0.05, 0.1) is 20.4 Å². The number of piperidine rings is 1. The molecule has 1 aliphatic rings. The lowest BCUT2D eigenvalue weighted by atomic mass is 9.95. The van der Waals surface area contributed by atoms with Crippen LogP contribution in [-0.2, 0) is 11.3 Å². The van der Waals surface area contributed by atoms with Crippen LogP contribution in [0.15, 0.2) is 30.6 Å². The molecule has 23 heavy (non-hydrogen) atoms. The summed E-state index contributed by atoms with van der Waals surface area (Å²) in [7, 11) is 3.30. The van der Waals surface area contributed by atoms with Gasteiger partial charge in [0, 0.05) is 55.4 Å². The van der Waals surface area contributed by atoms with Crippen molar-refractivity contribution in [3.63, 3.8) is 0 Å². The molecule has 0 bridgehead atoms. The molecule has 3 rings (SSSR count). The maximum absolute atomic E-state index is 11.9. The van der Waals surface area contributed by atoms with Crippen LogP contribution in [0.1, 0.15) is 30.0 Å². The smallest absolute Gasteiger partial charge is 0.136 e. The topological polar surface area (TPSA) is 67.5 Å². The van der Waals surface area contributed by atoms with E-state index < -0.39 is 0 Å². The Labute approximate surface area is 135 Å². The second kappa shape index (κ2) is 6.83. The molecule has 0 saturated carbocycles. The third kappa shape index (κ3) is 3.37.